The molecule has 30 heavy (non-hydrogen) atoms. The van der Waals surface area contributed by atoms with Crippen LogP contribution in [-0.4, -0.2) is 31.4 Å². The Morgan fingerprint density at radius 1 is 1.27 bits per heavy atom. The molecule has 4 rings (SSSR count). The highest BCUT2D eigenvalue weighted by Crippen LogP contribution is 2.46. The third kappa shape index (κ3) is 3.54. The van der Waals surface area contributed by atoms with Gasteiger partial charge in [0.25, 0.3) is 0 Å². The molecule has 0 saturated carbocycles. The van der Waals surface area contributed by atoms with E-state index in [0.717, 1.165) is 46.3 Å². The van der Waals surface area contributed by atoms with Gasteiger partial charge in [0, 0.05) is 45.4 Å². The lowest BCUT2D eigenvalue weighted by atomic mass is 9.88. The van der Waals surface area contributed by atoms with E-state index in [4.69, 9.17) is 9.72 Å². The number of ether oxygens (including phenoxy) is 1. The van der Waals surface area contributed by atoms with E-state index in [-0.39, 0.29) is 0 Å². The Bertz CT molecular complexity index is 1140. The van der Waals surface area contributed by atoms with Gasteiger partial charge in [-0.3, -0.25) is 4.68 Å². The van der Waals surface area contributed by atoms with Gasteiger partial charge in [0.1, 0.15) is 4.83 Å². The summed E-state index contributed by atoms with van der Waals surface area (Å²) >= 11 is 1.75. The van der Waals surface area contributed by atoms with E-state index in [1.807, 2.05) is 52.5 Å². The van der Waals surface area contributed by atoms with Crippen molar-refractivity contribution in [2.45, 2.75) is 72.0 Å². The maximum absolute atomic E-state index is 12.4. The number of aryl methyl sites for hydroxylation is 4. The second-order valence-corrected chi connectivity index (χ2v) is 10.2. The van der Waals surface area contributed by atoms with Crippen LogP contribution in [0.15, 0.2) is 6.20 Å². The Balaban J connectivity index is 2.11. The number of aliphatic carboxylic acids is 1. The van der Waals surface area contributed by atoms with Crippen molar-refractivity contribution >= 4 is 27.5 Å². The highest BCUT2D eigenvalue weighted by molar-refractivity contribution is 7.19. The Kier molecular flexibility index (Phi) is 5.22. The summed E-state index contributed by atoms with van der Waals surface area (Å²) in [5.74, 6) is -0.999. The molecule has 3 aromatic heterocycles. The van der Waals surface area contributed by atoms with Crippen LogP contribution in [0.5, 0.6) is 0 Å². The third-order valence-electron chi connectivity index (χ3n) is 5.79. The fourth-order valence-corrected chi connectivity index (χ4v) is 5.66. The van der Waals surface area contributed by atoms with Crippen LogP contribution in [0.25, 0.3) is 21.3 Å². The molecule has 0 fully saturated rings. The second-order valence-electron chi connectivity index (χ2n) is 9.09. The van der Waals surface area contributed by atoms with Gasteiger partial charge in [-0.1, -0.05) is 0 Å². The first-order valence-corrected chi connectivity index (χ1v) is 11.2. The molecule has 0 bridgehead atoms. The maximum atomic E-state index is 12.4. The first kappa shape index (κ1) is 21.0. The molecule has 6 nitrogen and oxygen atoms in total. The van der Waals surface area contributed by atoms with Crippen molar-refractivity contribution in [1.29, 1.82) is 0 Å². The molecule has 0 amide bonds. The lowest BCUT2D eigenvalue weighted by Crippen LogP contribution is -2.28. The number of hydrogen-bond donors (Lipinski definition) is 1. The Labute approximate surface area is 180 Å². The van der Waals surface area contributed by atoms with Gasteiger partial charge in [-0.25, -0.2) is 9.78 Å². The number of pyridine rings is 1. The van der Waals surface area contributed by atoms with E-state index in [1.165, 1.54) is 16.9 Å². The zero-order chi connectivity index (χ0) is 21.8. The van der Waals surface area contributed by atoms with E-state index >= 15 is 0 Å². The molecule has 1 N–H and O–H groups in total. The first-order valence-electron chi connectivity index (χ1n) is 10.4. The average molecular weight is 428 g/mol. The molecule has 0 aromatic carbocycles. The maximum Gasteiger partial charge on any atom is 0.337 e. The number of nitrogens with zero attached hydrogens (tertiary/aromatic N) is 3. The largest absolute Gasteiger partial charge is 0.479 e. The smallest absolute Gasteiger partial charge is 0.337 e. The highest BCUT2D eigenvalue weighted by atomic mass is 32.1. The van der Waals surface area contributed by atoms with Gasteiger partial charge in [0.2, 0.25) is 0 Å². The molecule has 0 spiro atoms. The first-order chi connectivity index (χ1) is 14.1. The van der Waals surface area contributed by atoms with E-state index in [9.17, 15) is 9.90 Å². The predicted octanol–water partition coefficient (Wildman–Crippen LogP) is 5.13. The van der Waals surface area contributed by atoms with Crippen LogP contribution in [0.1, 0.15) is 67.1 Å². The molecule has 3 heterocycles. The highest BCUT2D eigenvalue weighted by Gasteiger charge is 2.34. The van der Waals surface area contributed by atoms with Crippen LogP contribution in [0, 0.1) is 13.8 Å². The molecule has 0 aliphatic heterocycles. The van der Waals surface area contributed by atoms with Crippen molar-refractivity contribution < 1.29 is 14.6 Å². The molecule has 1 aliphatic rings. The van der Waals surface area contributed by atoms with Gasteiger partial charge in [0.15, 0.2) is 6.10 Å². The quantitative estimate of drug-likeness (QED) is 0.624. The topological polar surface area (TPSA) is 77.2 Å². The van der Waals surface area contributed by atoms with E-state index in [1.54, 1.807) is 11.3 Å². The van der Waals surface area contributed by atoms with Crippen molar-refractivity contribution in [1.82, 2.24) is 14.8 Å². The normalized spacial score (nSPS) is 15.4. The third-order valence-corrected chi connectivity index (χ3v) is 6.98. The van der Waals surface area contributed by atoms with E-state index in [2.05, 4.69) is 5.10 Å². The molecule has 160 valence electrons. The van der Waals surface area contributed by atoms with Crippen LogP contribution < -0.4 is 0 Å². The SMILES string of the molecule is Cc1nc2sc3c(c2c(-c2cnn(C)c2C)c1C(OC(C)(C)C)C(=O)O)CCCC3. The second kappa shape index (κ2) is 7.46. The number of carbonyl (C=O) groups is 1. The monoisotopic (exact) mass is 427 g/mol. The lowest BCUT2D eigenvalue weighted by molar-refractivity contribution is -0.160. The zero-order valence-corrected chi connectivity index (χ0v) is 19.3. The summed E-state index contributed by atoms with van der Waals surface area (Å²) in [5, 5.41) is 15.7. The summed E-state index contributed by atoms with van der Waals surface area (Å²) in [6, 6.07) is 0. The fourth-order valence-electron chi connectivity index (χ4n) is 4.35. The number of carboxylic acid groups (broad SMARTS) is 1. The molecule has 1 unspecified atom stereocenters. The minimum Gasteiger partial charge on any atom is -0.479 e. The van der Waals surface area contributed by atoms with Gasteiger partial charge in [-0.05, 0) is 65.9 Å². The van der Waals surface area contributed by atoms with Crippen molar-refractivity contribution in [3.05, 3.63) is 33.6 Å². The number of rotatable bonds is 4. The van der Waals surface area contributed by atoms with E-state index < -0.39 is 17.7 Å². The molecule has 3 aromatic rings. The van der Waals surface area contributed by atoms with E-state index in [0.29, 0.717) is 11.3 Å². The zero-order valence-electron chi connectivity index (χ0n) is 18.5. The Morgan fingerprint density at radius 2 is 1.97 bits per heavy atom. The average Bonchev–Trinajstić information content (AvgIpc) is 3.18. The fraction of sp³-hybridized carbons (Fsp3) is 0.522. The Hall–Kier alpha value is -2.25. The van der Waals surface area contributed by atoms with Gasteiger partial charge < -0.3 is 9.84 Å². The minimum atomic E-state index is -1.10. The predicted molar refractivity (Wildman–Crippen MR) is 119 cm³/mol. The number of aromatic nitrogens is 3. The van der Waals surface area contributed by atoms with Gasteiger partial charge in [-0.2, -0.15) is 5.10 Å². The number of thiophene rings is 1. The van der Waals surface area contributed by atoms with Crippen molar-refractivity contribution in [2.75, 3.05) is 0 Å². The molecular formula is C23H29N3O3S. The standard InChI is InChI=1S/C23H29N3O3S/c1-12-17(20(22(27)28)29-23(3,4)5)18(15-11-24-26(6)13(15)2)19-14-9-7-8-10-16(14)30-21(19)25-12/h11,20H,7-10H2,1-6H3,(H,27,28). The minimum absolute atomic E-state index is 0.611. The molecule has 1 aliphatic carbocycles. The number of fused-ring (bicyclic) bond motifs is 3. The van der Waals surface area contributed by atoms with Crippen LogP contribution >= 0.6 is 11.3 Å². The molecule has 7 heteroatoms. The summed E-state index contributed by atoms with van der Waals surface area (Å²) < 4.78 is 7.91. The van der Waals surface area contributed by atoms with Crippen molar-refractivity contribution in [2.24, 2.45) is 7.05 Å². The summed E-state index contributed by atoms with van der Waals surface area (Å²) in [6.45, 7) is 9.56. The van der Waals surface area contributed by atoms with Gasteiger partial charge in [-0.15, -0.1) is 11.3 Å². The summed E-state index contributed by atoms with van der Waals surface area (Å²) in [6.07, 6.45) is 5.15. The van der Waals surface area contributed by atoms with Crippen molar-refractivity contribution in [3.8, 4) is 11.1 Å². The van der Waals surface area contributed by atoms with Gasteiger partial charge >= 0.3 is 5.97 Å². The van der Waals surface area contributed by atoms with Crippen molar-refractivity contribution in [3.63, 3.8) is 0 Å². The molecule has 0 radical (unpaired) electrons. The summed E-state index contributed by atoms with van der Waals surface area (Å²) in [7, 11) is 1.91. The number of hydrogen-bond acceptors (Lipinski definition) is 5. The lowest BCUT2D eigenvalue weighted by Gasteiger charge is -2.28. The summed E-state index contributed by atoms with van der Waals surface area (Å²) in [5.41, 5.74) is 4.95. The van der Waals surface area contributed by atoms with Crippen LogP contribution in [0.4, 0.5) is 0 Å². The molecular weight excluding hydrogens is 398 g/mol. The van der Waals surface area contributed by atoms with Crippen LogP contribution in [-0.2, 0) is 29.4 Å². The van der Waals surface area contributed by atoms with Gasteiger partial charge in [0.05, 0.1) is 11.8 Å². The molecule has 0 saturated heterocycles. The van der Waals surface area contributed by atoms with Crippen LogP contribution in [0.3, 0.4) is 0 Å². The number of carboxylic acids is 1. The summed E-state index contributed by atoms with van der Waals surface area (Å²) in [4.78, 5) is 19.6. The molecule has 1 atom stereocenters. The van der Waals surface area contributed by atoms with Crippen LogP contribution in [0.2, 0.25) is 0 Å². The Morgan fingerprint density at radius 3 is 2.57 bits per heavy atom.